The first-order valence-corrected chi connectivity index (χ1v) is 9.53. The van der Waals surface area contributed by atoms with Gasteiger partial charge in [0.1, 0.15) is 24.1 Å². The zero-order valence-electron chi connectivity index (χ0n) is 17.6. The lowest BCUT2D eigenvalue weighted by molar-refractivity contribution is -0.317. The molecule has 0 bridgehead atoms. The number of ketones is 1. The van der Waals surface area contributed by atoms with Gasteiger partial charge in [0, 0.05) is 0 Å². The van der Waals surface area contributed by atoms with Gasteiger partial charge in [0.25, 0.3) is 0 Å². The second kappa shape index (κ2) is 19.2. The monoisotopic (exact) mass is 382 g/mol. The normalized spacial score (nSPS) is 27.0. The smallest absolute Gasteiger partial charge is 0.207 e. The van der Waals surface area contributed by atoms with Crippen molar-refractivity contribution in [2.75, 3.05) is 33.3 Å². The standard InChI is InChI=1S/C10H21NO5.C4H9NO.2C2H6/c1-2-3-4-11-6-10(15)9(14)8(13)7(12)5-16-10;1-4(6)3-5-2;2*1-2/h7-9,11-15H,2-6H2,1H3;5H,3H2,1-2H3;2*1-2H3. The number of nitrogens with one attached hydrogen (secondary N) is 2. The highest BCUT2D eigenvalue weighted by atomic mass is 16.6. The summed E-state index contributed by atoms with van der Waals surface area (Å²) >= 11 is 0. The summed E-state index contributed by atoms with van der Waals surface area (Å²) in [6.45, 7) is 12.6. The maximum absolute atomic E-state index is 9.98. The first-order chi connectivity index (χ1) is 12.3. The molecule has 0 aliphatic carbocycles. The van der Waals surface area contributed by atoms with Gasteiger partial charge in [-0.25, -0.2) is 0 Å². The van der Waals surface area contributed by atoms with E-state index < -0.39 is 24.1 Å². The number of hydrogen-bond donors (Lipinski definition) is 6. The predicted molar refractivity (Wildman–Crippen MR) is 104 cm³/mol. The van der Waals surface area contributed by atoms with E-state index >= 15 is 0 Å². The molecule has 1 aliphatic rings. The SMILES string of the molecule is CC.CC.CCCCNCC1(O)OCC(O)C(O)C1O.CNCC(C)=O. The van der Waals surface area contributed by atoms with Gasteiger partial charge in [0.05, 0.1) is 19.7 Å². The number of carbonyl (C=O) groups excluding carboxylic acids is 1. The second-order valence-corrected chi connectivity index (χ2v) is 5.42. The van der Waals surface area contributed by atoms with Gasteiger partial charge in [0.15, 0.2) is 0 Å². The fraction of sp³-hybridized carbons (Fsp3) is 0.944. The van der Waals surface area contributed by atoms with Gasteiger partial charge in [-0.05, 0) is 26.9 Å². The zero-order chi connectivity index (χ0) is 21.2. The summed E-state index contributed by atoms with van der Waals surface area (Å²) in [5.41, 5.74) is 0. The molecule has 0 spiro atoms. The molecule has 1 rings (SSSR count). The van der Waals surface area contributed by atoms with Crippen LogP contribution in [0.4, 0.5) is 0 Å². The lowest BCUT2D eigenvalue weighted by atomic mass is 9.97. The highest BCUT2D eigenvalue weighted by Crippen LogP contribution is 2.23. The quantitative estimate of drug-likeness (QED) is 0.340. The molecule has 0 aromatic carbocycles. The molecule has 0 saturated carbocycles. The van der Waals surface area contributed by atoms with Crippen molar-refractivity contribution in [3.63, 3.8) is 0 Å². The summed E-state index contributed by atoms with van der Waals surface area (Å²) in [5, 5.41) is 43.8. The largest absolute Gasteiger partial charge is 0.388 e. The van der Waals surface area contributed by atoms with Gasteiger partial charge in [-0.15, -0.1) is 0 Å². The zero-order valence-corrected chi connectivity index (χ0v) is 17.6. The van der Waals surface area contributed by atoms with Gasteiger partial charge in [-0.3, -0.25) is 4.79 Å². The van der Waals surface area contributed by atoms with Crippen LogP contribution in [0.1, 0.15) is 54.4 Å². The molecule has 0 aromatic rings. The van der Waals surface area contributed by atoms with E-state index in [-0.39, 0.29) is 18.9 Å². The topological polar surface area (TPSA) is 131 Å². The van der Waals surface area contributed by atoms with Crippen molar-refractivity contribution < 1.29 is 30.0 Å². The molecule has 0 radical (unpaired) electrons. The molecule has 8 nitrogen and oxygen atoms in total. The summed E-state index contributed by atoms with van der Waals surface area (Å²) in [4.78, 5) is 9.98. The molecule has 0 aromatic heterocycles. The Morgan fingerprint density at radius 1 is 1.19 bits per heavy atom. The van der Waals surface area contributed by atoms with Crippen LogP contribution in [0.2, 0.25) is 0 Å². The summed E-state index contributed by atoms with van der Waals surface area (Å²) in [7, 11) is 1.75. The molecule has 4 atom stereocenters. The van der Waals surface area contributed by atoms with Crippen molar-refractivity contribution in [3.05, 3.63) is 0 Å². The fourth-order valence-corrected chi connectivity index (χ4v) is 1.86. The Hall–Kier alpha value is -0.610. The molecule has 4 unspecified atom stereocenters. The molecule has 1 heterocycles. The lowest BCUT2D eigenvalue weighted by Gasteiger charge is -2.41. The first-order valence-electron chi connectivity index (χ1n) is 9.53. The minimum atomic E-state index is -1.83. The molecular weight excluding hydrogens is 340 g/mol. The van der Waals surface area contributed by atoms with Gasteiger partial charge in [-0.1, -0.05) is 41.0 Å². The van der Waals surface area contributed by atoms with Crippen LogP contribution in [-0.2, 0) is 9.53 Å². The van der Waals surface area contributed by atoms with Crippen molar-refractivity contribution in [3.8, 4) is 0 Å². The number of aliphatic hydroxyl groups is 4. The minimum Gasteiger partial charge on any atom is -0.388 e. The van der Waals surface area contributed by atoms with Gasteiger partial charge in [0.2, 0.25) is 5.79 Å². The number of likely N-dealkylation sites (N-methyl/N-ethyl adjacent to an activating group) is 1. The molecule has 1 aliphatic heterocycles. The van der Waals surface area contributed by atoms with Gasteiger partial charge >= 0.3 is 0 Å². The van der Waals surface area contributed by atoms with Crippen LogP contribution in [0.15, 0.2) is 0 Å². The minimum absolute atomic E-state index is 0.0257. The van der Waals surface area contributed by atoms with Crippen LogP contribution in [-0.4, -0.2) is 83.6 Å². The number of ether oxygens (including phenoxy) is 1. The summed E-state index contributed by atoms with van der Waals surface area (Å²) in [6.07, 6.45) is -2.07. The van der Waals surface area contributed by atoms with E-state index in [0.29, 0.717) is 13.1 Å². The third kappa shape index (κ3) is 13.6. The highest BCUT2D eigenvalue weighted by molar-refractivity contribution is 5.77. The Bertz CT molecular complexity index is 320. The summed E-state index contributed by atoms with van der Waals surface area (Å²) in [6, 6.07) is 0. The van der Waals surface area contributed by atoms with E-state index in [2.05, 4.69) is 10.6 Å². The van der Waals surface area contributed by atoms with Crippen molar-refractivity contribution in [1.29, 1.82) is 0 Å². The molecule has 1 saturated heterocycles. The van der Waals surface area contributed by atoms with E-state index in [1.165, 1.54) is 0 Å². The van der Waals surface area contributed by atoms with E-state index in [1.807, 2.05) is 34.6 Å². The van der Waals surface area contributed by atoms with Crippen molar-refractivity contribution in [1.82, 2.24) is 10.6 Å². The van der Waals surface area contributed by atoms with E-state index in [1.54, 1.807) is 14.0 Å². The number of Topliss-reactive ketones (excluding diaryl/α,β-unsaturated/α-hetero) is 1. The number of hydrogen-bond acceptors (Lipinski definition) is 8. The Morgan fingerprint density at radius 2 is 1.73 bits per heavy atom. The molecule has 1 fully saturated rings. The number of aliphatic hydroxyl groups excluding tert-OH is 3. The van der Waals surface area contributed by atoms with E-state index in [4.69, 9.17) is 4.74 Å². The third-order valence-corrected chi connectivity index (χ3v) is 3.20. The summed E-state index contributed by atoms with van der Waals surface area (Å²) in [5.74, 6) is -1.65. The van der Waals surface area contributed by atoms with Crippen molar-refractivity contribution >= 4 is 5.78 Å². The van der Waals surface area contributed by atoms with E-state index in [0.717, 1.165) is 12.8 Å². The third-order valence-electron chi connectivity index (χ3n) is 3.20. The first kappa shape index (κ1) is 30.1. The average Bonchev–Trinajstić information content (AvgIpc) is 2.64. The predicted octanol–water partition coefficient (Wildman–Crippen LogP) is 0.0248. The van der Waals surface area contributed by atoms with Crippen LogP contribution in [0.25, 0.3) is 0 Å². The van der Waals surface area contributed by atoms with Crippen LogP contribution in [0.3, 0.4) is 0 Å². The van der Waals surface area contributed by atoms with Gasteiger partial charge in [-0.2, -0.15) is 0 Å². The maximum Gasteiger partial charge on any atom is 0.207 e. The van der Waals surface area contributed by atoms with E-state index in [9.17, 15) is 25.2 Å². The molecular formula is C18H42N2O6. The van der Waals surface area contributed by atoms with Crippen LogP contribution >= 0.6 is 0 Å². The number of rotatable bonds is 7. The maximum atomic E-state index is 9.98. The molecule has 0 amide bonds. The fourth-order valence-electron chi connectivity index (χ4n) is 1.86. The molecule has 26 heavy (non-hydrogen) atoms. The lowest BCUT2D eigenvalue weighted by Crippen LogP contribution is -2.64. The van der Waals surface area contributed by atoms with Crippen molar-refractivity contribution in [2.24, 2.45) is 0 Å². The molecule has 160 valence electrons. The molecule has 8 heteroatoms. The Kier molecular flexibility index (Phi) is 22.2. The Morgan fingerprint density at radius 3 is 2.12 bits per heavy atom. The number of carbonyl (C=O) groups is 1. The van der Waals surface area contributed by atoms with Crippen molar-refractivity contribution in [2.45, 2.75) is 78.5 Å². The van der Waals surface area contributed by atoms with Gasteiger partial charge < -0.3 is 35.8 Å². The average molecular weight is 383 g/mol. The summed E-state index contributed by atoms with van der Waals surface area (Å²) < 4.78 is 4.97. The second-order valence-electron chi connectivity index (χ2n) is 5.42. The van der Waals surface area contributed by atoms with Crippen LogP contribution < -0.4 is 10.6 Å². The van der Waals surface area contributed by atoms with Crippen LogP contribution in [0, 0.1) is 0 Å². The highest BCUT2D eigenvalue weighted by Gasteiger charge is 2.47. The molecule has 6 N–H and O–H groups in total. The van der Waals surface area contributed by atoms with Crippen LogP contribution in [0.5, 0.6) is 0 Å². The number of unbranched alkanes of at least 4 members (excludes halogenated alkanes) is 1. The Labute approximate surface area is 159 Å². The Balaban J connectivity index is -0.000000445.